The van der Waals surface area contributed by atoms with E-state index < -0.39 is 4.92 Å². The number of nitro groups is 1. The number of aromatic nitrogens is 1. The zero-order valence-electron chi connectivity index (χ0n) is 15.1. The minimum Gasteiger partial charge on any atom is -0.497 e. The molecule has 0 amide bonds. The fourth-order valence-corrected chi connectivity index (χ4v) is 2.71. The number of rotatable bonds is 8. The van der Waals surface area contributed by atoms with Gasteiger partial charge < -0.3 is 19.5 Å². The van der Waals surface area contributed by atoms with Gasteiger partial charge in [0.05, 0.1) is 25.2 Å². The standard InChI is InChI=1S/C18H22N4O5/c1-25-14-3-2-4-15(13-14)27-17-6-5-16(22(23)24)18(20-17)19-7-8-21-9-11-26-12-10-21/h2-6,13H,7-12H2,1H3,(H,19,20). The van der Waals surface area contributed by atoms with E-state index in [1.807, 2.05) is 0 Å². The molecule has 0 unspecified atom stereocenters. The first-order valence-electron chi connectivity index (χ1n) is 8.67. The van der Waals surface area contributed by atoms with Crippen LogP contribution in [0.2, 0.25) is 0 Å². The van der Waals surface area contributed by atoms with Crippen LogP contribution < -0.4 is 14.8 Å². The molecule has 27 heavy (non-hydrogen) atoms. The van der Waals surface area contributed by atoms with Crippen molar-refractivity contribution in [3.05, 3.63) is 46.5 Å². The summed E-state index contributed by atoms with van der Waals surface area (Å²) in [6.45, 7) is 4.43. The molecule has 1 aliphatic heterocycles. The number of hydrogen-bond donors (Lipinski definition) is 1. The van der Waals surface area contributed by atoms with Crippen molar-refractivity contribution in [3.8, 4) is 17.4 Å². The topological polar surface area (TPSA) is 99.0 Å². The van der Waals surface area contributed by atoms with Crippen molar-refractivity contribution in [1.82, 2.24) is 9.88 Å². The monoisotopic (exact) mass is 374 g/mol. The average Bonchev–Trinajstić information content (AvgIpc) is 2.69. The maximum Gasteiger partial charge on any atom is 0.311 e. The summed E-state index contributed by atoms with van der Waals surface area (Å²) in [7, 11) is 1.57. The van der Waals surface area contributed by atoms with E-state index in [2.05, 4.69) is 15.2 Å². The minimum atomic E-state index is -0.459. The highest BCUT2D eigenvalue weighted by Gasteiger charge is 2.17. The Bertz CT molecular complexity index is 780. The minimum absolute atomic E-state index is 0.0880. The van der Waals surface area contributed by atoms with Gasteiger partial charge in [0, 0.05) is 44.4 Å². The highest BCUT2D eigenvalue weighted by atomic mass is 16.6. The van der Waals surface area contributed by atoms with Crippen molar-refractivity contribution < 1.29 is 19.1 Å². The van der Waals surface area contributed by atoms with Gasteiger partial charge in [0.25, 0.3) is 0 Å². The maximum absolute atomic E-state index is 11.3. The van der Waals surface area contributed by atoms with Gasteiger partial charge in [-0.15, -0.1) is 0 Å². The Labute approximate surface area is 157 Å². The van der Waals surface area contributed by atoms with E-state index in [-0.39, 0.29) is 17.4 Å². The second-order valence-electron chi connectivity index (χ2n) is 5.94. The first-order chi connectivity index (χ1) is 13.2. The van der Waals surface area contributed by atoms with Crippen LogP contribution in [-0.4, -0.2) is 61.3 Å². The number of anilines is 1. The third-order valence-electron chi connectivity index (χ3n) is 4.13. The first kappa shape index (κ1) is 18.9. The quantitative estimate of drug-likeness (QED) is 0.556. The van der Waals surface area contributed by atoms with Crippen LogP contribution in [0.15, 0.2) is 36.4 Å². The average molecular weight is 374 g/mol. The lowest BCUT2D eigenvalue weighted by Crippen LogP contribution is -2.39. The number of hydrogen-bond acceptors (Lipinski definition) is 8. The number of methoxy groups -OCH3 is 1. The number of morpholine rings is 1. The van der Waals surface area contributed by atoms with Gasteiger partial charge in [0.15, 0.2) is 0 Å². The Morgan fingerprint density at radius 3 is 2.78 bits per heavy atom. The Morgan fingerprint density at radius 2 is 2.04 bits per heavy atom. The zero-order chi connectivity index (χ0) is 19.1. The molecule has 1 aliphatic rings. The lowest BCUT2D eigenvalue weighted by molar-refractivity contribution is -0.384. The van der Waals surface area contributed by atoms with Crippen LogP contribution in [0.25, 0.3) is 0 Å². The van der Waals surface area contributed by atoms with E-state index >= 15 is 0 Å². The summed E-state index contributed by atoms with van der Waals surface area (Å²) in [6.07, 6.45) is 0. The molecule has 0 bridgehead atoms. The molecule has 0 spiro atoms. The summed E-state index contributed by atoms with van der Waals surface area (Å²) in [5.74, 6) is 1.64. The Balaban J connectivity index is 1.68. The molecule has 1 saturated heterocycles. The molecule has 9 heteroatoms. The fourth-order valence-electron chi connectivity index (χ4n) is 2.71. The van der Waals surface area contributed by atoms with Gasteiger partial charge >= 0.3 is 5.69 Å². The summed E-state index contributed by atoms with van der Waals surface area (Å²) in [6, 6.07) is 9.94. The van der Waals surface area contributed by atoms with Crippen molar-refractivity contribution in [2.24, 2.45) is 0 Å². The maximum atomic E-state index is 11.3. The lowest BCUT2D eigenvalue weighted by Gasteiger charge is -2.26. The molecule has 3 rings (SSSR count). The predicted molar refractivity (Wildman–Crippen MR) is 99.7 cm³/mol. The van der Waals surface area contributed by atoms with Gasteiger partial charge in [-0.2, -0.15) is 4.98 Å². The van der Waals surface area contributed by atoms with Gasteiger partial charge in [-0.3, -0.25) is 15.0 Å². The third-order valence-corrected chi connectivity index (χ3v) is 4.13. The highest BCUT2D eigenvalue weighted by Crippen LogP contribution is 2.29. The largest absolute Gasteiger partial charge is 0.497 e. The molecule has 0 radical (unpaired) electrons. The number of pyridine rings is 1. The molecular formula is C18H22N4O5. The van der Waals surface area contributed by atoms with Crippen molar-refractivity contribution in [2.45, 2.75) is 0 Å². The van der Waals surface area contributed by atoms with Crippen LogP contribution in [0, 0.1) is 10.1 Å². The van der Waals surface area contributed by atoms with E-state index in [0.717, 1.165) is 19.6 Å². The van der Waals surface area contributed by atoms with E-state index in [1.54, 1.807) is 31.4 Å². The van der Waals surface area contributed by atoms with Gasteiger partial charge in [0.2, 0.25) is 11.7 Å². The van der Waals surface area contributed by atoms with Gasteiger partial charge in [-0.25, -0.2) is 0 Å². The van der Waals surface area contributed by atoms with Gasteiger partial charge in [-0.1, -0.05) is 6.07 Å². The number of nitrogens with zero attached hydrogens (tertiary/aromatic N) is 3. The summed E-state index contributed by atoms with van der Waals surface area (Å²) < 4.78 is 16.2. The molecule has 1 N–H and O–H groups in total. The second-order valence-corrected chi connectivity index (χ2v) is 5.94. The van der Waals surface area contributed by atoms with Crippen molar-refractivity contribution in [1.29, 1.82) is 0 Å². The smallest absolute Gasteiger partial charge is 0.311 e. The third kappa shape index (κ3) is 5.28. The van der Waals surface area contributed by atoms with E-state index in [0.29, 0.717) is 31.3 Å². The van der Waals surface area contributed by atoms with Crippen molar-refractivity contribution in [2.75, 3.05) is 51.8 Å². The molecule has 2 aromatic rings. The molecule has 9 nitrogen and oxygen atoms in total. The van der Waals surface area contributed by atoms with E-state index in [9.17, 15) is 10.1 Å². The zero-order valence-corrected chi connectivity index (χ0v) is 15.1. The lowest BCUT2D eigenvalue weighted by atomic mass is 10.3. The number of ether oxygens (including phenoxy) is 3. The number of benzene rings is 1. The summed E-state index contributed by atoms with van der Waals surface area (Å²) in [5, 5.41) is 14.3. The van der Waals surface area contributed by atoms with Crippen LogP contribution >= 0.6 is 0 Å². The number of nitrogens with one attached hydrogen (secondary N) is 1. The Morgan fingerprint density at radius 1 is 1.26 bits per heavy atom. The SMILES string of the molecule is COc1cccc(Oc2ccc([N+](=O)[O-])c(NCCN3CCOCC3)n2)c1. The molecule has 0 aliphatic carbocycles. The normalized spacial score (nSPS) is 14.6. The Kier molecular flexibility index (Phi) is 6.39. The van der Waals surface area contributed by atoms with Crippen molar-refractivity contribution >= 4 is 11.5 Å². The predicted octanol–water partition coefficient (Wildman–Crippen LogP) is 2.53. The Hall–Kier alpha value is -2.91. The van der Waals surface area contributed by atoms with E-state index in [1.165, 1.54) is 12.1 Å². The molecule has 0 atom stereocenters. The molecule has 1 aromatic heterocycles. The fraction of sp³-hybridized carbons (Fsp3) is 0.389. The highest BCUT2D eigenvalue weighted by molar-refractivity contribution is 5.57. The van der Waals surface area contributed by atoms with Crippen LogP contribution in [0.3, 0.4) is 0 Å². The molecule has 1 aromatic carbocycles. The molecule has 2 heterocycles. The van der Waals surface area contributed by atoms with Crippen LogP contribution in [0.1, 0.15) is 0 Å². The second kappa shape index (κ2) is 9.15. The van der Waals surface area contributed by atoms with Gasteiger partial charge in [-0.05, 0) is 12.1 Å². The van der Waals surface area contributed by atoms with E-state index in [4.69, 9.17) is 14.2 Å². The van der Waals surface area contributed by atoms with Crippen LogP contribution in [0.4, 0.5) is 11.5 Å². The van der Waals surface area contributed by atoms with Crippen LogP contribution in [-0.2, 0) is 4.74 Å². The summed E-state index contributed by atoms with van der Waals surface area (Å²) >= 11 is 0. The molecule has 1 fully saturated rings. The van der Waals surface area contributed by atoms with Gasteiger partial charge in [0.1, 0.15) is 11.5 Å². The van der Waals surface area contributed by atoms with Crippen LogP contribution in [0.5, 0.6) is 17.4 Å². The summed E-state index contributed by atoms with van der Waals surface area (Å²) in [5.41, 5.74) is -0.0880. The molecule has 144 valence electrons. The molecular weight excluding hydrogens is 352 g/mol. The summed E-state index contributed by atoms with van der Waals surface area (Å²) in [4.78, 5) is 17.3. The first-order valence-corrected chi connectivity index (χ1v) is 8.67. The van der Waals surface area contributed by atoms with Crippen molar-refractivity contribution in [3.63, 3.8) is 0 Å². The molecule has 0 saturated carbocycles.